The third kappa shape index (κ3) is 1.49. The van der Waals surface area contributed by atoms with Crippen molar-refractivity contribution in [2.24, 2.45) is 0 Å². The molecule has 0 unspecified atom stereocenters. The highest BCUT2D eigenvalue weighted by atomic mass is 16.5. The fourth-order valence-corrected chi connectivity index (χ4v) is 1.68. The van der Waals surface area contributed by atoms with Crippen LogP contribution in [0.2, 0.25) is 0 Å². The van der Waals surface area contributed by atoms with Crippen LogP contribution in [0.15, 0.2) is 23.8 Å². The molecule has 0 aromatic heterocycles. The van der Waals surface area contributed by atoms with E-state index in [2.05, 4.69) is 6.07 Å². The molecular formula is C12H11NO. The molecule has 0 saturated heterocycles. The normalized spacial score (nSPS) is 13.9. The Morgan fingerprint density at radius 2 is 2.21 bits per heavy atom. The lowest BCUT2D eigenvalue weighted by atomic mass is 9.93. The number of nitrogens with zero attached hydrogens (tertiary/aromatic N) is 1. The number of hydrogen-bond donors (Lipinski definition) is 0. The number of fused-ring (bicyclic) bond motifs is 1. The highest BCUT2D eigenvalue weighted by Crippen LogP contribution is 2.26. The first-order chi connectivity index (χ1) is 6.83. The van der Waals surface area contributed by atoms with E-state index in [1.807, 2.05) is 24.3 Å². The van der Waals surface area contributed by atoms with Gasteiger partial charge in [-0.15, -0.1) is 0 Å². The summed E-state index contributed by atoms with van der Waals surface area (Å²) in [5.74, 6) is 0.887. The van der Waals surface area contributed by atoms with Crippen molar-refractivity contribution in [3.63, 3.8) is 0 Å². The molecule has 14 heavy (non-hydrogen) atoms. The molecule has 1 aromatic rings. The van der Waals surface area contributed by atoms with Crippen LogP contribution in [0.4, 0.5) is 0 Å². The van der Waals surface area contributed by atoms with Gasteiger partial charge in [-0.05, 0) is 42.2 Å². The number of rotatable bonds is 1. The second kappa shape index (κ2) is 3.55. The molecule has 0 aliphatic heterocycles. The monoisotopic (exact) mass is 185 g/mol. The summed E-state index contributed by atoms with van der Waals surface area (Å²) in [4.78, 5) is 0. The van der Waals surface area contributed by atoms with Gasteiger partial charge in [0.2, 0.25) is 0 Å². The van der Waals surface area contributed by atoms with Crippen LogP contribution in [0.5, 0.6) is 5.75 Å². The van der Waals surface area contributed by atoms with Gasteiger partial charge >= 0.3 is 0 Å². The van der Waals surface area contributed by atoms with Gasteiger partial charge < -0.3 is 4.74 Å². The van der Waals surface area contributed by atoms with Crippen LogP contribution >= 0.6 is 0 Å². The van der Waals surface area contributed by atoms with E-state index in [0.29, 0.717) is 0 Å². The summed E-state index contributed by atoms with van der Waals surface area (Å²) < 4.78 is 5.15. The highest BCUT2D eigenvalue weighted by Gasteiger charge is 2.10. The van der Waals surface area contributed by atoms with E-state index < -0.39 is 0 Å². The maximum Gasteiger partial charge on any atom is 0.119 e. The van der Waals surface area contributed by atoms with Gasteiger partial charge in [0.1, 0.15) is 5.75 Å². The zero-order valence-electron chi connectivity index (χ0n) is 8.08. The first-order valence-electron chi connectivity index (χ1n) is 4.61. The zero-order chi connectivity index (χ0) is 9.97. The van der Waals surface area contributed by atoms with Crippen LogP contribution in [0.3, 0.4) is 0 Å². The number of ether oxygens (including phenoxy) is 1. The summed E-state index contributed by atoms with van der Waals surface area (Å²) in [6, 6.07) is 8.18. The molecule has 1 aliphatic carbocycles. The van der Waals surface area contributed by atoms with Crippen molar-refractivity contribution in [3.8, 4) is 11.8 Å². The van der Waals surface area contributed by atoms with Crippen LogP contribution < -0.4 is 4.74 Å². The van der Waals surface area contributed by atoms with E-state index in [1.165, 1.54) is 5.56 Å². The fourth-order valence-electron chi connectivity index (χ4n) is 1.68. The highest BCUT2D eigenvalue weighted by molar-refractivity contribution is 5.63. The lowest BCUT2D eigenvalue weighted by Gasteiger charge is -2.13. The molecule has 2 nitrogen and oxygen atoms in total. The Hall–Kier alpha value is -1.75. The van der Waals surface area contributed by atoms with Crippen LogP contribution in [0, 0.1) is 11.3 Å². The number of benzene rings is 1. The molecule has 0 heterocycles. The van der Waals surface area contributed by atoms with Crippen LogP contribution in [-0.4, -0.2) is 7.11 Å². The number of hydrogen-bond acceptors (Lipinski definition) is 2. The SMILES string of the molecule is COc1ccc2c(c1)CCC(C#N)=C2. The van der Waals surface area contributed by atoms with E-state index in [4.69, 9.17) is 10.00 Å². The van der Waals surface area contributed by atoms with Crippen molar-refractivity contribution in [1.29, 1.82) is 5.26 Å². The second-order valence-electron chi connectivity index (χ2n) is 3.35. The van der Waals surface area contributed by atoms with Gasteiger partial charge in [0, 0.05) is 5.57 Å². The molecule has 0 atom stereocenters. The zero-order valence-corrected chi connectivity index (χ0v) is 8.08. The van der Waals surface area contributed by atoms with Crippen molar-refractivity contribution < 1.29 is 4.74 Å². The van der Waals surface area contributed by atoms with Crippen molar-refractivity contribution in [2.45, 2.75) is 12.8 Å². The molecular weight excluding hydrogens is 174 g/mol. The summed E-state index contributed by atoms with van der Waals surface area (Å²) >= 11 is 0. The van der Waals surface area contributed by atoms with Gasteiger partial charge in [0.25, 0.3) is 0 Å². The third-order valence-electron chi connectivity index (χ3n) is 2.49. The van der Waals surface area contributed by atoms with E-state index >= 15 is 0 Å². The van der Waals surface area contributed by atoms with Gasteiger partial charge in [-0.1, -0.05) is 6.07 Å². The topological polar surface area (TPSA) is 33.0 Å². The second-order valence-corrected chi connectivity index (χ2v) is 3.35. The van der Waals surface area contributed by atoms with Crippen LogP contribution in [0.25, 0.3) is 6.08 Å². The smallest absolute Gasteiger partial charge is 0.119 e. The van der Waals surface area contributed by atoms with E-state index in [1.54, 1.807) is 7.11 Å². The third-order valence-corrected chi connectivity index (χ3v) is 2.49. The van der Waals surface area contributed by atoms with Gasteiger partial charge in [-0.2, -0.15) is 5.26 Å². The number of allylic oxidation sites excluding steroid dienone is 1. The number of methoxy groups -OCH3 is 1. The Balaban J connectivity index is 2.43. The van der Waals surface area contributed by atoms with Crippen molar-refractivity contribution in [2.75, 3.05) is 7.11 Å². The van der Waals surface area contributed by atoms with Gasteiger partial charge in [-0.3, -0.25) is 0 Å². The molecule has 2 heteroatoms. The lowest BCUT2D eigenvalue weighted by molar-refractivity contribution is 0.414. The molecule has 70 valence electrons. The summed E-state index contributed by atoms with van der Waals surface area (Å²) in [6.45, 7) is 0. The minimum Gasteiger partial charge on any atom is -0.497 e. The van der Waals surface area contributed by atoms with Gasteiger partial charge in [0.05, 0.1) is 13.2 Å². The van der Waals surface area contributed by atoms with Crippen LogP contribution in [0.1, 0.15) is 17.5 Å². The Morgan fingerprint density at radius 3 is 2.93 bits per heavy atom. The maximum absolute atomic E-state index is 8.77. The minimum atomic E-state index is 0.844. The molecule has 2 rings (SSSR count). The van der Waals surface area contributed by atoms with E-state index in [9.17, 15) is 0 Å². The lowest BCUT2D eigenvalue weighted by Crippen LogP contribution is -1.98. The molecule has 1 aromatic carbocycles. The molecule has 0 N–H and O–H groups in total. The number of nitriles is 1. The van der Waals surface area contributed by atoms with Gasteiger partial charge in [-0.25, -0.2) is 0 Å². The molecule has 0 amide bonds. The molecule has 0 spiro atoms. The first kappa shape index (κ1) is 8.83. The Bertz CT molecular complexity index is 426. The molecule has 1 aliphatic rings. The largest absolute Gasteiger partial charge is 0.497 e. The summed E-state index contributed by atoms with van der Waals surface area (Å²) in [7, 11) is 1.67. The number of aryl methyl sites for hydroxylation is 1. The first-order valence-corrected chi connectivity index (χ1v) is 4.61. The average molecular weight is 185 g/mol. The average Bonchev–Trinajstić information content (AvgIpc) is 2.27. The van der Waals surface area contributed by atoms with Crippen molar-refractivity contribution in [1.82, 2.24) is 0 Å². The molecule has 0 bridgehead atoms. The van der Waals surface area contributed by atoms with Crippen LogP contribution in [-0.2, 0) is 6.42 Å². The predicted octanol–water partition coefficient (Wildman–Crippen LogP) is 2.55. The van der Waals surface area contributed by atoms with Crippen molar-refractivity contribution in [3.05, 3.63) is 34.9 Å². The quantitative estimate of drug-likeness (QED) is 0.673. The summed E-state index contributed by atoms with van der Waals surface area (Å²) in [5, 5.41) is 8.77. The maximum atomic E-state index is 8.77. The predicted molar refractivity (Wildman–Crippen MR) is 54.9 cm³/mol. The molecule has 0 saturated carbocycles. The Kier molecular flexibility index (Phi) is 2.24. The fraction of sp³-hybridized carbons (Fsp3) is 0.250. The van der Waals surface area contributed by atoms with E-state index in [-0.39, 0.29) is 0 Å². The Morgan fingerprint density at radius 1 is 1.36 bits per heavy atom. The summed E-state index contributed by atoms with van der Waals surface area (Å²) in [6.07, 6.45) is 3.74. The summed E-state index contributed by atoms with van der Waals surface area (Å²) in [5.41, 5.74) is 3.28. The van der Waals surface area contributed by atoms with E-state index in [0.717, 1.165) is 29.7 Å². The van der Waals surface area contributed by atoms with Crippen molar-refractivity contribution >= 4 is 6.08 Å². The standard InChI is InChI=1S/C12H11NO/c1-14-12-5-4-10-6-9(8-13)2-3-11(10)7-12/h4-7H,2-3H2,1H3. The minimum absolute atomic E-state index is 0.844. The van der Waals surface area contributed by atoms with Gasteiger partial charge in [0.15, 0.2) is 0 Å². The molecule has 0 fully saturated rings. The molecule has 0 radical (unpaired) electrons. The Labute approximate surface area is 83.4 Å².